The summed E-state index contributed by atoms with van der Waals surface area (Å²) < 4.78 is 27.3. The Labute approximate surface area is 124 Å². The molecule has 1 atom stereocenters. The highest BCUT2D eigenvalue weighted by atomic mass is 32.2. The topological polar surface area (TPSA) is 110 Å². The first-order chi connectivity index (χ1) is 9.61. The summed E-state index contributed by atoms with van der Waals surface area (Å²) in [5.41, 5.74) is 0.827. The van der Waals surface area contributed by atoms with E-state index in [1.807, 2.05) is 0 Å². The lowest BCUT2D eigenvalue weighted by Gasteiger charge is -2.17. The van der Waals surface area contributed by atoms with E-state index in [2.05, 4.69) is 4.72 Å². The predicted octanol–water partition coefficient (Wildman–Crippen LogP) is 1.57. The van der Waals surface area contributed by atoms with E-state index in [0.29, 0.717) is 11.1 Å². The highest BCUT2D eigenvalue weighted by Crippen LogP contribution is 2.31. The Bertz CT molecular complexity index is 655. The van der Waals surface area contributed by atoms with E-state index in [9.17, 15) is 18.5 Å². The van der Waals surface area contributed by atoms with Gasteiger partial charge >= 0.3 is 0 Å². The molecular weight excluding hydrogens is 296 g/mol. The van der Waals surface area contributed by atoms with Crippen LogP contribution in [0, 0.1) is 30.9 Å². The summed E-state index contributed by atoms with van der Waals surface area (Å²) in [6.07, 6.45) is 0.269. The van der Waals surface area contributed by atoms with Crippen LogP contribution in [0.15, 0.2) is 11.0 Å². The molecule has 0 heterocycles. The van der Waals surface area contributed by atoms with Gasteiger partial charge in [-0.15, -0.1) is 0 Å². The van der Waals surface area contributed by atoms with Crippen molar-refractivity contribution >= 4 is 15.7 Å². The third-order valence-corrected chi connectivity index (χ3v) is 5.11. The van der Waals surface area contributed by atoms with E-state index in [1.54, 1.807) is 20.8 Å². The summed E-state index contributed by atoms with van der Waals surface area (Å²) in [7, 11) is -3.88. The van der Waals surface area contributed by atoms with Crippen molar-refractivity contribution in [3.8, 4) is 0 Å². The Hall–Kier alpha value is -1.51. The number of benzene rings is 1. The minimum atomic E-state index is -3.88. The van der Waals surface area contributed by atoms with Crippen molar-refractivity contribution in [2.45, 2.75) is 45.1 Å². The molecule has 1 aromatic carbocycles. The van der Waals surface area contributed by atoms with Gasteiger partial charge in [-0.05, 0) is 45.7 Å². The number of sulfonamides is 1. The van der Waals surface area contributed by atoms with Crippen molar-refractivity contribution in [3.05, 3.63) is 32.9 Å². The van der Waals surface area contributed by atoms with Crippen LogP contribution in [0.1, 0.15) is 30.0 Å². The van der Waals surface area contributed by atoms with E-state index in [4.69, 9.17) is 5.11 Å². The highest BCUT2D eigenvalue weighted by Gasteiger charge is 2.28. The third kappa shape index (κ3) is 3.78. The molecule has 7 nitrogen and oxygen atoms in total. The summed E-state index contributed by atoms with van der Waals surface area (Å²) in [5, 5.41) is 20.0. The van der Waals surface area contributed by atoms with E-state index in [1.165, 1.54) is 13.0 Å². The molecule has 1 rings (SSSR count). The van der Waals surface area contributed by atoms with Crippen LogP contribution in [0.3, 0.4) is 0 Å². The molecule has 0 aliphatic heterocycles. The van der Waals surface area contributed by atoms with Crippen molar-refractivity contribution in [3.63, 3.8) is 0 Å². The maximum absolute atomic E-state index is 12.4. The van der Waals surface area contributed by atoms with E-state index >= 15 is 0 Å². The molecule has 118 valence electrons. The molecule has 0 bridgehead atoms. The van der Waals surface area contributed by atoms with E-state index in [-0.39, 0.29) is 29.2 Å². The van der Waals surface area contributed by atoms with Crippen molar-refractivity contribution in [2.75, 3.05) is 6.61 Å². The second-order valence-electron chi connectivity index (χ2n) is 5.10. The average molecular weight is 316 g/mol. The molecule has 0 saturated carbocycles. The molecule has 21 heavy (non-hydrogen) atoms. The fourth-order valence-electron chi connectivity index (χ4n) is 2.43. The number of nitrogens with zero attached hydrogens (tertiary/aromatic N) is 1. The van der Waals surface area contributed by atoms with Crippen LogP contribution in [0.5, 0.6) is 0 Å². The third-order valence-electron chi connectivity index (χ3n) is 3.23. The zero-order valence-corrected chi connectivity index (χ0v) is 13.3. The van der Waals surface area contributed by atoms with Crippen LogP contribution in [-0.2, 0) is 10.0 Å². The Morgan fingerprint density at radius 2 is 1.90 bits per heavy atom. The summed E-state index contributed by atoms with van der Waals surface area (Å²) in [4.78, 5) is 10.5. The second-order valence-corrected chi connectivity index (χ2v) is 6.76. The number of hydrogen-bond acceptors (Lipinski definition) is 5. The van der Waals surface area contributed by atoms with Gasteiger partial charge in [-0.1, -0.05) is 0 Å². The molecule has 0 aromatic heterocycles. The summed E-state index contributed by atoms with van der Waals surface area (Å²) in [6.45, 7) is 6.10. The van der Waals surface area contributed by atoms with Crippen LogP contribution in [0.2, 0.25) is 0 Å². The highest BCUT2D eigenvalue weighted by molar-refractivity contribution is 7.89. The Balaban J connectivity index is 3.43. The first kappa shape index (κ1) is 17.5. The lowest BCUT2D eigenvalue weighted by molar-refractivity contribution is -0.386. The standard InChI is InChI=1S/C13H20N2O5S/c1-8-7-9(2)13(11(4)12(8)15(17)18)21(19,20)14-10(3)5-6-16/h7,10,14,16H,5-6H2,1-4H3. The summed E-state index contributed by atoms with van der Waals surface area (Å²) in [5.74, 6) is 0. The van der Waals surface area contributed by atoms with Gasteiger partial charge < -0.3 is 5.11 Å². The zero-order valence-electron chi connectivity index (χ0n) is 12.5. The second kappa shape index (κ2) is 6.50. The normalized spacial score (nSPS) is 13.2. The maximum Gasteiger partial charge on any atom is 0.276 e. The lowest BCUT2D eigenvalue weighted by Crippen LogP contribution is -2.34. The van der Waals surface area contributed by atoms with Crippen molar-refractivity contribution < 1.29 is 18.4 Å². The Kier molecular flexibility index (Phi) is 5.43. The minimum Gasteiger partial charge on any atom is -0.396 e. The summed E-state index contributed by atoms with van der Waals surface area (Å²) in [6, 6.07) is 1.04. The van der Waals surface area contributed by atoms with Crippen molar-refractivity contribution in [1.82, 2.24) is 4.72 Å². The van der Waals surface area contributed by atoms with Crippen molar-refractivity contribution in [2.24, 2.45) is 0 Å². The molecule has 0 amide bonds. The SMILES string of the molecule is Cc1cc(C)c(S(=O)(=O)NC(C)CCO)c(C)c1[N+](=O)[O-]. The fraction of sp³-hybridized carbons (Fsp3) is 0.538. The van der Waals surface area contributed by atoms with Crippen LogP contribution < -0.4 is 4.72 Å². The molecule has 0 spiro atoms. The van der Waals surface area contributed by atoms with Gasteiger partial charge in [0.05, 0.1) is 9.82 Å². The smallest absolute Gasteiger partial charge is 0.276 e. The Morgan fingerprint density at radius 3 is 2.38 bits per heavy atom. The quantitative estimate of drug-likeness (QED) is 0.611. The van der Waals surface area contributed by atoms with Crippen molar-refractivity contribution in [1.29, 1.82) is 0 Å². The largest absolute Gasteiger partial charge is 0.396 e. The fourth-order valence-corrected chi connectivity index (χ4v) is 4.18. The first-order valence-electron chi connectivity index (χ1n) is 6.50. The predicted molar refractivity (Wildman–Crippen MR) is 78.8 cm³/mol. The van der Waals surface area contributed by atoms with Gasteiger partial charge in [-0.2, -0.15) is 0 Å². The molecular formula is C13H20N2O5S. The molecule has 1 aromatic rings. The average Bonchev–Trinajstić information content (AvgIpc) is 2.25. The Morgan fingerprint density at radius 1 is 1.33 bits per heavy atom. The number of hydrogen-bond donors (Lipinski definition) is 2. The van der Waals surface area contributed by atoms with Crippen LogP contribution in [-0.4, -0.2) is 31.1 Å². The van der Waals surface area contributed by atoms with E-state index < -0.39 is 21.0 Å². The first-order valence-corrected chi connectivity index (χ1v) is 7.98. The molecule has 8 heteroatoms. The number of aryl methyl sites for hydroxylation is 2. The molecule has 0 fully saturated rings. The molecule has 0 aliphatic rings. The number of nitro groups is 1. The van der Waals surface area contributed by atoms with E-state index in [0.717, 1.165) is 0 Å². The van der Waals surface area contributed by atoms with Gasteiger partial charge in [0.25, 0.3) is 5.69 Å². The number of rotatable bonds is 6. The van der Waals surface area contributed by atoms with Crippen LogP contribution in [0.25, 0.3) is 0 Å². The zero-order chi connectivity index (χ0) is 16.4. The molecule has 0 aliphatic carbocycles. The number of aliphatic hydroxyl groups excluding tert-OH is 1. The molecule has 1 unspecified atom stereocenters. The minimum absolute atomic E-state index is 0.0652. The van der Waals surface area contributed by atoms with Gasteiger partial charge in [0, 0.05) is 23.8 Å². The maximum atomic E-state index is 12.4. The molecule has 0 radical (unpaired) electrons. The number of nitrogens with one attached hydrogen (secondary N) is 1. The number of nitro benzene ring substituents is 1. The molecule has 0 saturated heterocycles. The van der Waals surface area contributed by atoms with Gasteiger partial charge in [0.2, 0.25) is 10.0 Å². The summed E-state index contributed by atoms with van der Waals surface area (Å²) >= 11 is 0. The van der Waals surface area contributed by atoms with Gasteiger partial charge in [-0.3, -0.25) is 10.1 Å². The number of aliphatic hydroxyl groups is 1. The van der Waals surface area contributed by atoms with Gasteiger partial charge in [0.15, 0.2) is 0 Å². The monoisotopic (exact) mass is 316 g/mol. The van der Waals surface area contributed by atoms with Gasteiger partial charge in [0.1, 0.15) is 0 Å². The molecule has 2 N–H and O–H groups in total. The van der Waals surface area contributed by atoms with Crippen LogP contribution >= 0.6 is 0 Å². The van der Waals surface area contributed by atoms with Gasteiger partial charge in [-0.25, -0.2) is 13.1 Å². The van der Waals surface area contributed by atoms with Crippen LogP contribution in [0.4, 0.5) is 5.69 Å². The lowest BCUT2D eigenvalue weighted by atomic mass is 10.1.